The maximum atomic E-state index is 12.7. The monoisotopic (exact) mass is 430 g/mol. The molecule has 1 fully saturated rings. The molecule has 26 heavy (non-hydrogen) atoms. The number of nitrogens with zero attached hydrogens (tertiary/aromatic N) is 1. The van der Waals surface area contributed by atoms with E-state index in [9.17, 15) is 9.59 Å². The number of nitrogens with one attached hydrogen (secondary N) is 1. The van der Waals surface area contributed by atoms with Crippen molar-refractivity contribution in [3.63, 3.8) is 0 Å². The molecule has 3 rings (SSSR count). The number of anilines is 1. The first-order valence-electron chi connectivity index (χ1n) is 7.48. The first-order chi connectivity index (χ1) is 12.5. The highest BCUT2D eigenvalue weighted by Crippen LogP contribution is 2.35. The molecule has 0 unspecified atom stereocenters. The van der Waals surface area contributed by atoms with Crippen LogP contribution in [-0.2, 0) is 9.59 Å². The average molecular weight is 432 g/mol. The fraction of sp³-hybridized carbons (Fsp3) is 0.0526. The van der Waals surface area contributed by atoms with Crippen molar-refractivity contribution in [2.24, 2.45) is 0 Å². The smallest absolute Gasteiger partial charge is 0.282 e. The van der Waals surface area contributed by atoms with Crippen LogP contribution in [0.4, 0.5) is 5.69 Å². The molecule has 2 aromatic carbocycles. The van der Waals surface area contributed by atoms with Crippen LogP contribution in [0.1, 0.15) is 5.56 Å². The number of carbonyl (C=O) groups excluding carboxylic acids is 2. The van der Waals surface area contributed by atoms with Gasteiger partial charge in [-0.2, -0.15) is 0 Å². The van der Waals surface area contributed by atoms with Gasteiger partial charge in [0.05, 0.1) is 10.2 Å². The van der Waals surface area contributed by atoms with Gasteiger partial charge in [0.2, 0.25) is 0 Å². The van der Waals surface area contributed by atoms with Crippen LogP contribution in [0.2, 0.25) is 5.02 Å². The van der Waals surface area contributed by atoms with E-state index in [2.05, 4.69) is 27.3 Å². The molecule has 0 aliphatic carbocycles. The molecule has 0 radical (unpaired) electrons. The van der Waals surface area contributed by atoms with E-state index in [1.165, 1.54) is 11.1 Å². The quantitative estimate of drug-likeness (QED) is 0.457. The van der Waals surface area contributed by atoms with Crippen LogP contribution in [0.25, 0.3) is 6.08 Å². The van der Waals surface area contributed by atoms with Crippen LogP contribution in [0, 0.1) is 12.3 Å². The van der Waals surface area contributed by atoms with Gasteiger partial charge in [0, 0.05) is 10.6 Å². The molecule has 1 saturated heterocycles. The first-order valence-corrected chi connectivity index (χ1v) is 8.66. The molecule has 0 bridgehead atoms. The maximum Gasteiger partial charge on any atom is 0.282 e. The molecule has 2 aromatic rings. The highest BCUT2D eigenvalue weighted by atomic mass is 79.9. The first kappa shape index (κ1) is 18.1. The van der Waals surface area contributed by atoms with Gasteiger partial charge < -0.3 is 4.74 Å². The Kier molecular flexibility index (Phi) is 5.31. The summed E-state index contributed by atoms with van der Waals surface area (Å²) in [5.74, 6) is 1.79. The molecule has 0 aromatic heterocycles. The van der Waals surface area contributed by atoms with E-state index in [1.807, 2.05) is 6.07 Å². The fourth-order valence-corrected chi connectivity index (χ4v) is 3.37. The summed E-state index contributed by atoms with van der Waals surface area (Å²) in [6.45, 7) is 0.0344. The zero-order chi connectivity index (χ0) is 18.7. The molecular formula is C19H12BrClN2O3. The van der Waals surface area contributed by atoms with Crippen molar-refractivity contribution in [3.05, 3.63) is 63.1 Å². The summed E-state index contributed by atoms with van der Waals surface area (Å²) in [5, 5.41) is 1.61. The number of carbonyl (C=O) groups is 2. The van der Waals surface area contributed by atoms with E-state index < -0.39 is 11.8 Å². The number of para-hydroxylation sites is 1. The van der Waals surface area contributed by atoms with E-state index in [-0.39, 0.29) is 12.2 Å². The Labute approximate surface area is 163 Å². The Balaban J connectivity index is 2.01. The lowest BCUT2D eigenvalue weighted by molar-refractivity contribution is -0.117. The average Bonchev–Trinajstić information content (AvgIpc) is 2.90. The van der Waals surface area contributed by atoms with Gasteiger partial charge in [-0.1, -0.05) is 35.7 Å². The highest BCUT2D eigenvalue weighted by molar-refractivity contribution is 9.10. The van der Waals surface area contributed by atoms with Crippen molar-refractivity contribution in [1.29, 1.82) is 0 Å². The van der Waals surface area contributed by atoms with Crippen LogP contribution in [-0.4, -0.2) is 18.4 Å². The number of hydrogen-bond acceptors (Lipinski definition) is 3. The minimum atomic E-state index is -0.516. The zero-order valence-corrected chi connectivity index (χ0v) is 15.7. The molecule has 1 aliphatic rings. The highest BCUT2D eigenvalue weighted by Gasteiger charge is 2.34. The van der Waals surface area contributed by atoms with Gasteiger partial charge in [-0.15, -0.1) is 6.42 Å². The van der Waals surface area contributed by atoms with Crippen molar-refractivity contribution < 1.29 is 14.3 Å². The molecule has 5 nitrogen and oxygen atoms in total. The van der Waals surface area contributed by atoms with Crippen LogP contribution in [0.5, 0.6) is 5.75 Å². The van der Waals surface area contributed by atoms with Crippen LogP contribution in [0.15, 0.2) is 52.5 Å². The number of terminal acetylenes is 1. The second kappa shape index (κ2) is 7.65. The second-order valence-electron chi connectivity index (χ2n) is 5.27. The third-order valence-electron chi connectivity index (χ3n) is 3.54. The van der Waals surface area contributed by atoms with Crippen molar-refractivity contribution in [2.45, 2.75) is 0 Å². The molecule has 1 N–H and O–H groups in total. The van der Waals surface area contributed by atoms with Crippen molar-refractivity contribution in [2.75, 3.05) is 11.6 Å². The number of amides is 2. The third-order valence-corrected chi connectivity index (χ3v) is 4.35. The summed E-state index contributed by atoms with van der Waals surface area (Å²) in [7, 11) is 0. The van der Waals surface area contributed by atoms with Gasteiger partial charge >= 0.3 is 0 Å². The molecule has 7 heteroatoms. The van der Waals surface area contributed by atoms with Crippen LogP contribution >= 0.6 is 27.5 Å². The maximum absolute atomic E-state index is 12.7. The zero-order valence-electron chi connectivity index (χ0n) is 13.3. The van der Waals surface area contributed by atoms with Gasteiger partial charge in [-0.05, 0) is 46.3 Å². The van der Waals surface area contributed by atoms with Crippen LogP contribution in [0.3, 0.4) is 0 Å². The normalized spacial score (nSPS) is 15.1. The number of hydrogen-bond donors (Lipinski definition) is 1. The minimum absolute atomic E-state index is 0.0337. The third kappa shape index (κ3) is 3.59. The predicted octanol–water partition coefficient (Wildman–Crippen LogP) is 3.58. The summed E-state index contributed by atoms with van der Waals surface area (Å²) in [6, 6.07) is 12.0. The summed E-state index contributed by atoms with van der Waals surface area (Å²) in [6.07, 6.45) is 6.67. The Bertz CT molecular complexity index is 951. The molecule has 2 amide bonds. The molecule has 0 saturated carbocycles. The van der Waals surface area contributed by atoms with E-state index in [4.69, 9.17) is 22.8 Å². The molecule has 1 aliphatic heterocycles. The van der Waals surface area contributed by atoms with Crippen molar-refractivity contribution in [3.8, 4) is 18.1 Å². The summed E-state index contributed by atoms with van der Waals surface area (Å²) in [4.78, 5) is 25.0. The summed E-state index contributed by atoms with van der Waals surface area (Å²) >= 11 is 9.44. The van der Waals surface area contributed by atoms with Crippen LogP contribution < -0.4 is 15.2 Å². The van der Waals surface area contributed by atoms with Gasteiger partial charge in [0.25, 0.3) is 11.8 Å². The lowest BCUT2D eigenvalue weighted by Crippen LogP contribution is -2.35. The lowest BCUT2D eigenvalue weighted by Gasteiger charge is -2.14. The van der Waals surface area contributed by atoms with Crippen molar-refractivity contribution in [1.82, 2.24) is 5.43 Å². The number of rotatable bonds is 4. The molecular weight excluding hydrogens is 420 g/mol. The Morgan fingerprint density at radius 1 is 1.27 bits per heavy atom. The summed E-state index contributed by atoms with van der Waals surface area (Å²) in [5.41, 5.74) is 3.53. The Morgan fingerprint density at radius 3 is 2.69 bits per heavy atom. The minimum Gasteiger partial charge on any atom is -0.479 e. The number of ether oxygens (including phenoxy) is 1. The van der Waals surface area contributed by atoms with Gasteiger partial charge in [-0.25, -0.2) is 5.01 Å². The Hall–Kier alpha value is -2.75. The fourth-order valence-electron chi connectivity index (χ4n) is 2.43. The molecule has 130 valence electrons. The summed E-state index contributed by atoms with van der Waals surface area (Å²) < 4.78 is 6.09. The Morgan fingerprint density at radius 2 is 2.00 bits per heavy atom. The standard InChI is InChI=1S/C19H12BrClN2O3/c1-2-8-26-17-12(9-13(21)11-16(17)20)10-15-18(24)22-23(19(15)25)14-6-4-3-5-7-14/h1,3-7,9-11H,8H2,(H,22,24). The predicted molar refractivity (Wildman–Crippen MR) is 104 cm³/mol. The molecule has 1 heterocycles. The number of hydrazine groups is 1. The topological polar surface area (TPSA) is 58.6 Å². The lowest BCUT2D eigenvalue weighted by atomic mass is 10.1. The van der Waals surface area contributed by atoms with E-state index in [1.54, 1.807) is 36.4 Å². The van der Waals surface area contributed by atoms with E-state index in [0.29, 0.717) is 26.5 Å². The number of halogens is 2. The van der Waals surface area contributed by atoms with E-state index >= 15 is 0 Å². The SMILES string of the molecule is C#CCOc1c(Br)cc(Cl)cc1C=C1C(=O)NN(c2ccccc2)C1=O. The van der Waals surface area contributed by atoms with E-state index in [0.717, 1.165) is 0 Å². The number of benzene rings is 2. The van der Waals surface area contributed by atoms with Gasteiger partial charge in [0.1, 0.15) is 17.9 Å². The molecule has 0 spiro atoms. The van der Waals surface area contributed by atoms with Gasteiger partial charge in [0.15, 0.2) is 0 Å². The molecule has 0 atom stereocenters. The second-order valence-corrected chi connectivity index (χ2v) is 6.56. The van der Waals surface area contributed by atoms with Gasteiger partial charge in [-0.3, -0.25) is 15.0 Å². The largest absolute Gasteiger partial charge is 0.479 e. The van der Waals surface area contributed by atoms with Crippen molar-refractivity contribution >= 4 is 51.1 Å².